The molecule has 2 aromatic heterocycles. The quantitative estimate of drug-likeness (QED) is 0.646. The molecule has 0 spiro atoms. The van der Waals surface area contributed by atoms with Gasteiger partial charge in [-0.25, -0.2) is 0 Å². The zero-order valence-corrected chi connectivity index (χ0v) is 17.1. The molecule has 1 aromatic carbocycles. The first-order valence-corrected chi connectivity index (χ1v) is 9.73. The van der Waals surface area contributed by atoms with E-state index in [9.17, 15) is 9.59 Å². The summed E-state index contributed by atoms with van der Waals surface area (Å²) in [6, 6.07) is 11.1. The number of ether oxygens (including phenoxy) is 1. The summed E-state index contributed by atoms with van der Waals surface area (Å²) in [5.74, 6) is 0.130. The number of nitrogens with one attached hydrogen (secondary N) is 2. The van der Waals surface area contributed by atoms with Crippen LogP contribution in [0.3, 0.4) is 0 Å². The van der Waals surface area contributed by atoms with Gasteiger partial charge in [-0.3, -0.25) is 9.59 Å². The lowest BCUT2D eigenvalue weighted by Gasteiger charge is -2.12. The smallest absolute Gasteiger partial charge is 0.257 e. The van der Waals surface area contributed by atoms with E-state index in [2.05, 4.69) is 21.3 Å². The van der Waals surface area contributed by atoms with E-state index in [1.54, 1.807) is 29.5 Å². The molecule has 2 N–H and O–H groups in total. The van der Waals surface area contributed by atoms with Crippen LogP contribution in [-0.4, -0.2) is 23.5 Å². The zero-order chi connectivity index (χ0) is 20.3. The Morgan fingerprint density at radius 3 is 2.57 bits per heavy atom. The van der Waals surface area contributed by atoms with E-state index in [4.69, 9.17) is 4.74 Å². The van der Waals surface area contributed by atoms with E-state index in [0.717, 1.165) is 17.9 Å². The minimum atomic E-state index is -0.209. The highest BCUT2D eigenvalue weighted by atomic mass is 32.1. The minimum Gasteiger partial charge on any atom is -0.495 e. The van der Waals surface area contributed by atoms with Crippen LogP contribution in [0.5, 0.6) is 5.75 Å². The molecule has 0 bridgehead atoms. The van der Waals surface area contributed by atoms with Crippen LogP contribution in [-0.2, 0) is 11.3 Å². The SMILES string of the molecule is COc1ccc(NC(=O)c2cc(C)n(Cc3cccs3)c2C)cc1NC(C)=O. The van der Waals surface area contributed by atoms with Crippen LogP contribution in [0.2, 0.25) is 0 Å². The Bertz CT molecular complexity index is 1010. The lowest BCUT2D eigenvalue weighted by molar-refractivity contribution is -0.114. The Balaban J connectivity index is 1.82. The normalized spacial score (nSPS) is 10.6. The first kappa shape index (κ1) is 19.7. The number of aryl methyl sites for hydroxylation is 1. The molecule has 3 aromatic rings. The predicted octanol–water partition coefficient (Wildman–Crippen LogP) is 4.43. The molecule has 0 atom stereocenters. The number of rotatable bonds is 6. The van der Waals surface area contributed by atoms with Crippen molar-refractivity contribution in [1.29, 1.82) is 0 Å². The summed E-state index contributed by atoms with van der Waals surface area (Å²) in [7, 11) is 1.53. The molecule has 0 saturated heterocycles. The number of anilines is 2. The van der Waals surface area contributed by atoms with Crippen molar-refractivity contribution in [2.45, 2.75) is 27.3 Å². The van der Waals surface area contributed by atoms with Crippen LogP contribution in [0.15, 0.2) is 41.8 Å². The third kappa shape index (κ3) is 4.26. The summed E-state index contributed by atoms with van der Waals surface area (Å²) in [6.45, 7) is 6.12. The van der Waals surface area contributed by atoms with Gasteiger partial charge < -0.3 is 19.9 Å². The number of hydrogen-bond donors (Lipinski definition) is 2. The van der Waals surface area contributed by atoms with Crippen molar-refractivity contribution in [3.63, 3.8) is 0 Å². The van der Waals surface area contributed by atoms with Gasteiger partial charge in [0.2, 0.25) is 5.91 Å². The van der Waals surface area contributed by atoms with Crippen molar-refractivity contribution in [1.82, 2.24) is 4.57 Å². The molecule has 2 amide bonds. The highest BCUT2D eigenvalue weighted by Crippen LogP contribution is 2.28. The van der Waals surface area contributed by atoms with Gasteiger partial charge >= 0.3 is 0 Å². The number of methoxy groups -OCH3 is 1. The van der Waals surface area contributed by atoms with Gasteiger partial charge in [-0.2, -0.15) is 0 Å². The fraction of sp³-hybridized carbons (Fsp3) is 0.238. The van der Waals surface area contributed by atoms with Crippen LogP contribution < -0.4 is 15.4 Å². The molecule has 146 valence electrons. The molecule has 28 heavy (non-hydrogen) atoms. The van der Waals surface area contributed by atoms with Crippen LogP contribution in [0.25, 0.3) is 0 Å². The zero-order valence-electron chi connectivity index (χ0n) is 16.3. The van der Waals surface area contributed by atoms with E-state index in [1.165, 1.54) is 18.9 Å². The maximum atomic E-state index is 12.9. The highest BCUT2D eigenvalue weighted by molar-refractivity contribution is 7.09. The molecule has 0 fully saturated rings. The number of thiophene rings is 1. The third-order valence-corrected chi connectivity index (χ3v) is 5.34. The number of amides is 2. The average Bonchev–Trinajstić information content (AvgIpc) is 3.25. The first-order chi connectivity index (χ1) is 13.4. The van der Waals surface area contributed by atoms with Crippen LogP contribution in [0.4, 0.5) is 11.4 Å². The molecule has 0 saturated carbocycles. The van der Waals surface area contributed by atoms with E-state index in [0.29, 0.717) is 22.7 Å². The summed E-state index contributed by atoms with van der Waals surface area (Å²) in [6.07, 6.45) is 0. The van der Waals surface area contributed by atoms with Crippen molar-refractivity contribution in [3.8, 4) is 5.75 Å². The molecular formula is C21H23N3O3S. The van der Waals surface area contributed by atoms with Gasteiger partial charge in [0.05, 0.1) is 24.9 Å². The number of benzene rings is 1. The van der Waals surface area contributed by atoms with Crippen molar-refractivity contribution < 1.29 is 14.3 Å². The number of carbonyl (C=O) groups is 2. The molecule has 0 aliphatic rings. The summed E-state index contributed by atoms with van der Waals surface area (Å²) < 4.78 is 7.39. The largest absolute Gasteiger partial charge is 0.495 e. The second kappa shape index (κ2) is 8.31. The molecule has 0 aliphatic heterocycles. The minimum absolute atomic E-state index is 0.190. The Labute approximate surface area is 168 Å². The van der Waals surface area contributed by atoms with Gasteiger partial charge in [-0.15, -0.1) is 11.3 Å². The molecule has 7 heteroatoms. The van der Waals surface area contributed by atoms with E-state index in [-0.39, 0.29) is 11.8 Å². The van der Waals surface area contributed by atoms with E-state index >= 15 is 0 Å². The number of nitrogens with zero attached hydrogens (tertiary/aromatic N) is 1. The van der Waals surface area contributed by atoms with Crippen molar-refractivity contribution in [3.05, 3.63) is 63.6 Å². The third-order valence-electron chi connectivity index (χ3n) is 4.48. The van der Waals surface area contributed by atoms with Crippen molar-refractivity contribution in [2.75, 3.05) is 17.7 Å². The molecule has 3 rings (SSSR count). The van der Waals surface area contributed by atoms with Gasteiger partial charge in [-0.05, 0) is 49.6 Å². The number of hydrogen-bond acceptors (Lipinski definition) is 4. The molecule has 2 heterocycles. The van der Waals surface area contributed by atoms with E-state index in [1.807, 2.05) is 31.4 Å². The monoisotopic (exact) mass is 397 g/mol. The van der Waals surface area contributed by atoms with Gasteiger partial charge in [0.1, 0.15) is 5.75 Å². The van der Waals surface area contributed by atoms with Crippen LogP contribution >= 0.6 is 11.3 Å². The summed E-state index contributed by atoms with van der Waals surface area (Å²) in [5, 5.41) is 7.66. The van der Waals surface area contributed by atoms with Gasteiger partial charge in [0.25, 0.3) is 5.91 Å². The highest BCUT2D eigenvalue weighted by Gasteiger charge is 2.17. The van der Waals surface area contributed by atoms with Crippen LogP contribution in [0, 0.1) is 13.8 Å². The molecule has 6 nitrogen and oxygen atoms in total. The number of carbonyl (C=O) groups excluding carboxylic acids is 2. The second-order valence-electron chi connectivity index (χ2n) is 6.50. The Hall–Kier alpha value is -3.06. The number of aromatic nitrogens is 1. The Kier molecular flexibility index (Phi) is 5.84. The lowest BCUT2D eigenvalue weighted by atomic mass is 10.2. The van der Waals surface area contributed by atoms with E-state index < -0.39 is 0 Å². The maximum Gasteiger partial charge on any atom is 0.257 e. The fourth-order valence-electron chi connectivity index (χ4n) is 3.10. The maximum absolute atomic E-state index is 12.9. The Morgan fingerprint density at radius 2 is 1.93 bits per heavy atom. The predicted molar refractivity (Wildman–Crippen MR) is 113 cm³/mol. The second-order valence-corrected chi connectivity index (χ2v) is 7.53. The molecule has 0 unspecified atom stereocenters. The standard InChI is InChI=1S/C21H23N3O3S/c1-13-10-18(14(2)24(13)12-17-6-5-9-28-17)21(26)23-16-7-8-20(27-4)19(11-16)22-15(3)25/h5-11H,12H2,1-4H3,(H,22,25)(H,23,26). The lowest BCUT2D eigenvalue weighted by Crippen LogP contribution is -2.14. The van der Waals surface area contributed by atoms with Gasteiger partial charge in [0, 0.05) is 28.9 Å². The van der Waals surface area contributed by atoms with Crippen molar-refractivity contribution in [2.24, 2.45) is 0 Å². The average molecular weight is 398 g/mol. The van der Waals surface area contributed by atoms with Gasteiger partial charge in [-0.1, -0.05) is 6.07 Å². The Morgan fingerprint density at radius 1 is 1.14 bits per heavy atom. The first-order valence-electron chi connectivity index (χ1n) is 8.85. The summed E-state index contributed by atoms with van der Waals surface area (Å²) >= 11 is 1.70. The van der Waals surface area contributed by atoms with Crippen LogP contribution in [0.1, 0.15) is 33.5 Å². The van der Waals surface area contributed by atoms with Crippen molar-refractivity contribution >= 4 is 34.5 Å². The van der Waals surface area contributed by atoms with Gasteiger partial charge in [0.15, 0.2) is 0 Å². The fourth-order valence-corrected chi connectivity index (χ4v) is 3.80. The summed E-state index contributed by atoms with van der Waals surface area (Å²) in [5.41, 5.74) is 3.67. The molecular weight excluding hydrogens is 374 g/mol. The topological polar surface area (TPSA) is 72.4 Å². The molecule has 0 radical (unpaired) electrons. The summed E-state index contributed by atoms with van der Waals surface area (Å²) in [4.78, 5) is 25.5. The molecule has 0 aliphatic carbocycles.